The highest BCUT2D eigenvalue weighted by atomic mass is 19.1. The second-order valence-electron chi connectivity index (χ2n) is 6.03. The Balaban J connectivity index is 1.92. The van der Waals surface area contributed by atoms with Gasteiger partial charge in [0.15, 0.2) is 0 Å². The molecule has 0 saturated carbocycles. The number of pyridine rings is 1. The van der Waals surface area contributed by atoms with Gasteiger partial charge in [-0.2, -0.15) is 0 Å². The lowest BCUT2D eigenvalue weighted by molar-refractivity contribution is 0.626. The molecule has 3 aromatic rings. The highest BCUT2D eigenvalue weighted by molar-refractivity contribution is 6.08. The van der Waals surface area contributed by atoms with Crippen LogP contribution in [0.1, 0.15) is 24.1 Å². The largest absolute Gasteiger partial charge is 0.404 e. The fraction of sp³-hybridized carbons (Fsp3) is 0.100. The van der Waals surface area contributed by atoms with Gasteiger partial charge in [-0.15, -0.1) is 0 Å². The van der Waals surface area contributed by atoms with Crippen molar-refractivity contribution < 1.29 is 4.39 Å². The average molecular weight is 377 g/mol. The summed E-state index contributed by atoms with van der Waals surface area (Å²) < 4.78 is 13.2. The highest BCUT2D eigenvalue weighted by Crippen LogP contribution is 2.25. The number of rotatable bonds is 7. The molecule has 142 valence electrons. The zero-order valence-corrected chi connectivity index (χ0v) is 15.2. The summed E-state index contributed by atoms with van der Waals surface area (Å²) in [5.74, 6) is 1.35. The molecule has 7 nitrogen and oxygen atoms in total. The van der Waals surface area contributed by atoms with E-state index in [1.807, 2.05) is 6.92 Å². The lowest BCUT2D eigenvalue weighted by Crippen LogP contribution is -2.09. The monoisotopic (exact) mass is 377 g/mol. The molecule has 0 amide bonds. The molecule has 8 heteroatoms. The van der Waals surface area contributed by atoms with E-state index in [0.717, 1.165) is 5.56 Å². The van der Waals surface area contributed by atoms with Crippen molar-refractivity contribution in [3.8, 4) is 0 Å². The van der Waals surface area contributed by atoms with E-state index < -0.39 is 0 Å². The number of aromatic nitrogens is 3. The fourth-order valence-corrected chi connectivity index (χ4v) is 2.61. The van der Waals surface area contributed by atoms with E-state index in [9.17, 15) is 4.39 Å². The third-order valence-electron chi connectivity index (χ3n) is 4.05. The molecule has 0 bridgehead atoms. The number of allylic oxidation sites excluding steroid dienone is 1. The molecule has 0 fully saturated rings. The number of nitrogens with one attached hydrogen (secondary N) is 3. The van der Waals surface area contributed by atoms with E-state index in [4.69, 9.17) is 11.1 Å². The average Bonchev–Trinajstić information content (AvgIpc) is 2.70. The Hall–Kier alpha value is -3.81. The van der Waals surface area contributed by atoms with Gasteiger partial charge in [0.2, 0.25) is 0 Å². The molecule has 28 heavy (non-hydrogen) atoms. The van der Waals surface area contributed by atoms with Crippen LogP contribution < -0.4 is 16.4 Å². The number of hydrogen-bond acceptors (Lipinski definition) is 7. The smallest absolute Gasteiger partial charge is 0.150 e. The second kappa shape index (κ2) is 8.72. The molecule has 0 spiro atoms. The predicted molar refractivity (Wildman–Crippen MR) is 109 cm³/mol. The molecule has 3 rings (SSSR count). The van der Waals surface area contributed by atoms with Crippen LogP contribution in [0.3, 0.4) is 0 Å². The maximum absolute atomic E-state index is 13.2. The van der Waals surface area contributed by atoms with Crippen LogP contribution in [0.15, 0.2) is 61.2 Å². The molecule has 0 aliphatic rings. The summed E-state index contributed by atoms with van der Waals surface area (Å²) in [6.07, 6.45) is 7.27. The number of halogens is 1. The van der Waals surface area contributed by atoms with Gasteiger partial charge in [0, 0.05) is 36.4 Å². The molecule has 1 atom stereocenters. The van der Waals surface area contributed by atoms with Crippen molar-refractivity contribution in [2.45, 2.75) is 13.0 Å². The van der Waals surface area contributed by atoms with Crippen molar-refractivity contribution in [3.05, 3.63) is 78.1 Å². The van der Waals surface area contributed by atoms with E-state index in [-0.39, 0.29) is 11.9 Å². The first-order chi connectivity index (χ1) is 13.6. The molecular formula is C20H20FN7. The maximum Gasteiger partial charge on any atom is 0.150 e. The van der Waals surface area contributed by atoms with E-state index in [1.165, 1.54) is 24.5 Å². The molecule has 0 aliphatic heterocycles. The first kappa shape index (κ1) is 19.0. The maximum atomic E-state index is 13.2. The summed E-state index contributed by atoms with van der Waals surface area (Å²) >= 11 is 0. The molecule has 2 aromatic heterocycles. The second-order valence-corrected chi connectivity index (χ2v) is 6.03. The van der Waals surface area contributed by atoms with Crippen LogP contribution in [0.4, 0.5) is 21.8 Å². The summed E-state index contributed by atoms with van der Waals surface area (Å²) in [6.45, 7) is 1.95. The Morgan fingerprint density at radius 2 is 1.89 bits per heavy atom. The third-order valence-corrected chi connectivity index (χ3v) is 4.05. The normalized spacial score (nSPS) is 12.3. The summed E-state index contributed by atoms with van der Waals surface area (Å²) in [4.78, 5) is 12.8. The summed E-state index contributed by atoms with van der Waals surface area (Å²) in [6, 6.07) is 9.73. The Kier molecular flexibility index (Phi) is 5.91. The Morgan fingerprint density at radius 1 is 1.14 bits per heavy atom. The lowest BCUT2D eigenvalue weighted by atomic mass is 10.1. The van der Waals surface area contributed by atoms with Crippen molar-refractivity contribution in [2.75, 3.05) is 10.6 Å². The van der Waals surface area contributed by atoms with Crippen molar-refractivity contribution in [1.82, 2.24) is 15.0 Å². The Bertz CT molecular complexity index is 972. The van der Waals surface area contributed by atoms with Crippen molar-refractivity contribution in [2.24, 2.45) is 5.73 Å². The molecule has 1 aromatic carbocycles. The van der Waals surface area contributed by atoms with Crippen LogP contribution in [0.2, 0.25) is 0 Å². The van der Waals surface area contributed by atoms with Crippen LogP contribution >= 0.6 is 0 Å². The summed E-state index contributed by atoms with van der Waals surface area (Å²) in [5, 5.41) is 13.9. The van der Waals surface area contributed by atoms with Crippen LogP contribution in [-0.2, 0) is 0 Å². The molecule has 2 heterocycles. The van der Waals surface area contributed by atoms with Gasteiger partial charge in [-0.25, -0.2) is 14.4 Å². The molecule has 0 unspecified atom stereocenters. The molecule has 0 aliphatic carbocycles. The van der Waals surface area contributed by atoms with Crippen molar-refractivity contribution in [3.63, 3.8) is 0 Å². The van der Waals surface area contributed by atoms with E-state index in [1.54, 1.807) is 42.9 Å². The molecule has 0 saturated heterocycles. The fourth-order valence-electron chi connectivity index (χ4n) is 2.61. The van der Waals surface area contributed by atoms with Crippen LogP contribution in [0, 0.1) is 11.2 Å². The molecular weight excluding hydrogens is 357 g/mol. The van der Waals surface area contributed by atoms with Crippen molar-refractivity contribution >= 4 is 29.2 Å². The van der Waals surface area contributed by atoms with Gasteiger partial charge >= 0.3 is 0 Å². The number of nitrogens with zero attached hydrogens (tertiary/aromatic N) is 3. The number of benzene rings is 1. The quantitative estimate of drug-likeness (QED) is 0.465. The number of hydrogen-bond donors (Lipinski definition) is 4. The topological polar surface area (TPSA) is 113 Å². The minimum Gasteiger partial charge on any atom is -0.404 e. The first-order valence-electron chi connectivity index (χ1n) is 8.59. The molecule has 5 N–H and O–H groups in total. The van der Waals surface area contributed by atoms with E-state index >= 15 is 0 Å². The predicted octanol–water partition coefficient (Wildman–Crippen LogP) is 3.88. The zero-order valence-electron chi connectivity index (χ0n) is 15.2. The van der Waals surface area contributed by atoms with Crippen LogP contribution in [0.5, 0.6) is 0 Å². The van der Waals surface area contributed by atoms with Crippen LogP contribution in [-0.4, -0.2) is 21.2 Å². The first-order valence-corrected chi connectivity index (χ1v) is 8.59. The minimum absolute atomic E-state index is 0.113. The molecule has 0 radical (unpaired) electrons. The standard InChI is InChI=1S/C20H20FN7/c1-13(14-2-4-17(21)5-3-14)26-18-8-15(16(10-22)11-23)9-19(27-18)28-20-12-24-6-7-25-20/h2-13,22H,23H2,1H3,(H2,25,26,27,28)/b16-11+,22-10?/t13-/m0/s1. The van der Waals surface area contributed by atoms with E-state index in [2.05, 4.69) is 25.6 Å². The summed E-state index contributed by atoms with van der Waals surface area (Å²) in [5.41, 5.74) is 7.82. The van der Waals surface area contributed by atoms with Gasteiger partial charge in [0.1, 0.15) is 23.3 Å². The van der Waals surface area contributed by atoms with Gasteiger partial charge < -0.3 is 21.8 Å². The Morgan fingerprint density at radius 3 is 2.54 bits per heavy atom. The van der Waals surface area contributed by atoms with Gasteiger partial charge in [0.05, 0.1) is 6.20 Å². The van der Waals surface area contributed by atoms with Gasteiger partial charge in [-0.1, -0.05) is 12.1 Å². The number of nitrogens with two attached hydrogens (primary N) is 1. The highest BCUT2D eigenvalue weighted by Gasteiger charge is 2.11. The Labute approximate surface area is 162 Å². The minimum atomic E-state index is -0.282. The zero-order chi connectivity index (χ0) is 19.9. The van der Waals surface area contributed by atoms with Gasteiger partial charge in [-0.05, 0) is 42.3 Å². The van der Waals surface area contributed by atoms with Crippen molar-refractivity contribution in [1.29, 1.82) is 5.41 Å². The van der Waals surface area contributed by atoms with Gasteiger partial charge in [0.25, 0.3) is 0 Å². The SMILES string of the molecule is C[C@H](Nc1cc(/C(C=N)=C/N)cc(Nc2cnccn2)n1)c1ccc(F)cc1. The van der Waals surface area contributed by atoms with E-state index in [0.29, 0.717) is 28.6 Å². The van der Waals surface area contributed by atoms with Gasteiger partial charge in [-0.3, -0.25) is 4.98 Å². The third kappa shape index (κ3) is 4.67. The lowest BCUT2D eigenvalue weighted by Gasteiger charge is -2.17. The number of anilines is 3. The van der Waals surface area contributed by atoms with Crippen LogP contribution in [0.25, 0.3) is 5.57 Å². The summed E-state index contributed by atoms with van der Waals surface area (Å²) in [7, 11) is 0.